The van der Waals surface area contributed by atoms with E-state index in [0.29, 0.717) is 0 Å². The zero-order chi connectivity index (χ0) is 12.2. The molecular formula is C14H22N4. The Morgan fingerprint density at radius 1 is 0.778 bits per heavy atom. The van der Waals surface area contributed by atoms with Gasteiger partial charge in [-0.05, 0) is 44.6 Å². The first kappa shape index (κ1) is 11.8. The monoisotopic (exact) mass is 246 g/mol. The molecule has 4 nitrogen and oxygen atoms in total. The molecule has 0 bridgehead atoms. The first-order chi connectivity index (χ1) is 8.93. The van der Waals surface area contributed by atoms with Crippen LogP contribution in [0.2, 0.25) is 0 Å². The lowest BCUT2D eigenvalue weighted by atomic mass is 10.1. The van der Waals surface area contributed by atoms with Gasteiger partial charge in [0.25, 0.3) is 0 Å². The van der Waals surface area contributed by atoms with Gasteiger partial charge in [-0.15, -0.1) is 0 Å². The third-order valence-electron chi connectivity index (χ3n) is 3.95. The van der Waals surface area contributed by atoms with E-state index < -0.39 is 0 Å². The molecule has 2 aliphatic rings. The van der Waals surface area contributed by atoms with E-state index in [0.717, 1.165) is 37.9 Å². The third-order valence-corrected chi connectivity index (χ3v) is 3.95. The van der Waals surface area contributed by atoms with Gasteiger partial charge in [0.05, 0.1) is 0 Å². The summed E-state index contributed by atoms with van der Waals surface area (Å²) in [5.41, 5.74) is 0. The molecule has 2 fully saturated rings. The molecule has 18 heavy (non-hydrogen) atoms. The molecule has 2 saturated heterocycles. The Bertz CT molecular complexity index is 348. The van der Waals surface area contributed by atoms with Gasteiger partial charge in [-0.2, -0.15) is 4.98 Å². The van der Waals surface area contributed by atoms with Crippen molar-refractivity contribution in [3.63, 3.8) is 0 Å². The molecule has 0 aliphatic carbocycles. The van der Waals surface area contributed by atoms with Gasteiger partial charge in [0.15, 0.2) is 0 Å². The Balaban J connectivity index is 1.75. The summed E-state index contributed by atoms with van der Waals surface area (Å²) in [6.45, 7) is 4.53. The molecule has 98 valence electrons. The second kappa shape index (κ2) is 5.55. The SMILES string of the molecule is c1cc(N2CCCCC2)nc(N2CCCCC2)n1. The predicted molar refractivity (Wildman–Crippen MR) is 74.2 cm³/mol. The van der Waals surface area contributed by atoms with E-state index in [1.807, 2.05) is 6.20 Å². The minimum absolute atomic E-state index is 0.928. The molecular weight excluding hydrogens is 224 g/mol. The average molecular weight is 246 g/mol. The number of rotatable bonds is 2. The van der Waals surface area contributed by atoms with Crippen LogP contribution in [0.1, 0.15) is 38.5 Å². The van der Waals surface area contributed by atoms with E-state index in [9.17, 15) is 0 Å². The lowest BCUT2D eigenvalue weighted by molar-refractivity contribution is 0.561. The largest absolute Gasteiger partial charge is 0.356 e. The highest BCUT2D eigenvalue weighted by Crippen LogP contribution is 2.21. The summed E-state index contributed by atoms with van der Waals surface area (Å²) in [6, 6.07) is 2.05. The van der Waals surface area contributed by atoms with Crippen LogP contribution in [-0.2, 0) is 0 Å². The van der Waals surface area contributed by atoms with E-state index in [1.165, 1.54) is 38.5 Å². The van der Waals surface area contributed by atoms with E-state index >= 15 is 0 Å². The van der Waals surface area contributed by atoms with Crippen molar-refractivity contribution in [1.82, 2.24) is 9.97 Å². The highest BCUT2D eigenvalue weighted by molar-refractivity contribution is 5.44. The second-order valence-electron chi connectivity index (χ2n) is 5.31. The van der Waals surface area contributed by atoms with Gasteiger partial charge >= 0.3 is 0 Å². The molecule has 1 aromatic rings. The molecule has 0 spiro atoms. The minimum Gasteiger partial charge on any atom is -0.356 e. The van der Waals surface area contributed by atoms with Gasteiger partial charge in [-0.25, -0.2) is 4.98 Å². The number of piperidine rings is 2. The average Bonchev–Trinajstić information content (AvgIpc) is 2.49. The van der Waals surface area contributed by atoms with Crippen molar-refractivity contribution in [3.8, 4) is 0 Å². The lowest BCUT2D eigenvalue weighted by Gasteiger charge is -2.30. The number of hydrogen-bond acceptors (Lipinski definition) is 4. The van der Waals surface area contributed by atoms with Crippen LogP contribution in [0.5, 0.6) is 0 Å². The molecule has 0 unspecified atom stereocenters. The Kier molecular flexibility index (Phi) is 3.62. The topological polar surface area (TPSA) is 32.3 Å². The molecule has 1 aromatic heterocycles. The van der Waals surface area contributed by atoms with Crippen molar-refractivity contribution in [2.45, 2.75) is 38.5 Å². The number of hydrogen-bond donors (Lipinski definition) is 0. The van der Waals surface area contributed by atoms with E-state index in [2.05, 4.69) is 20.9 Å². The Hall–Kier alpha value is -1.32. The molecule has 2 aliphatic heterocycles. The van der Waals surface area contributed by atoms with Gasteiger partial charge in [-0.3, -0.25) is 0 Å². The maximum atomic E-state index is 4.76. The maximum absolute atomic E-state index is 4.76. The highest BCUT2D eigenvalue weighted by Gasteiger charge is 2.16. The summed E-state index contributed by atoms with van der Waals surface area (Å²) >= 11 is 0. The van der Waals surface area contributed by atoms with Gasteiger partial charge in [0.1, 0.15) is 5.82 Å². The predicted octanol–water partition coefficient (Wildman–Crippen LogP) is 2.46. The van der Waals surface area contributed by atoms with Gasteiger partial charge in [0.2, 0.25) is 5.95 Å². The number of nitrogens with zero attached hydrogens (tertiary/aromatic N) is 4. The third kappa shape index (κ3) is 2.57. The van der Waals surface area contributed by atoms with Crippen LogP contribution in [-0.4, -0.2) is 36.1 Å². The van der Waals surface area contributed by atoms with Crippen molar-refractivity contribution in [2.75, 3.05) is 36.0 Å². The summed E-state index contributed by atoms with van der Waals surface area (Å²) < 4.78 is 0. The lowest BCUT2D eigenvalue weighted by Crippen LogP contribution is -2.33. The van der Waals surface area contributed by atoms with Crippen molar-refractivity contribution >= 4 is 11.8 Å². The van der Waals surface area contributed by atoms with Gasteiger partial charge in [-0.1, -0.05) is 0 Å². The molecule has 0 saturated carbocycles. The summed E-state index contributed by atoms with van der Waals surface area (Å²) in [4.78, 5) is 13.9. The van der Waals surface area contributed by atoms with Crippen molar-refractivity contribution in [1.29, 1.82) is 0 Å². The number of anilines is 2. The Morgan fingerprint density at radius 3 is 2.06 bits per heavy atom. The fourth-order valence-corrected chi connectivity index (χ4v) is 2.88. The summed E-state index contributed by atoms with van der Waals surface area (Å²) in [6.07, 6.45) is 9.77. The Morgan fingerprint density at radius 2 is 1.39 bits per heavy atom. The fraction of sp³-hybridized carbons (Fsp3) is 0.714. The van der Waals surface area contributed by atoms with Crippen LogP contribution in [0, 0.1) is 0 Å². The van der Waals surface area contributed by atoms with Crippen LogP contribution in [0.25, 0.3) is 0 Å². The number of aromatic nitrogens is 2. The van der Waals surface area contributed by atoms with Crippen molar-refractivity contribution in [2.24, 2.45) is 0 Å². The molecule has 0 amide bonds. The van der Waals surface area contributed by atoms with Crippen LogP contribution < -0.4 is 9.80 Å². The normalized spacial score (nSPS) is 21.1. The standard InChI is InChI=1S/C14H22N4/c1-3-9-17(10-4-1)13-7-8-15-14(16-13)18-11-5-2-6-12-18/h7-8H,1-6,9-12H2. The van der Waals surface area contributed by atoms with Gasteiger partial charge in [0, 0.05) is 32.4 Å². The first-order valence-corrected chi connectivity index (χ1v) is 7.26. The van der Waals surface area contributed by atoms with E-state index in [1.54, 1.807) is 0 Å². The molecule has 4 heteroatoms. The maximum Gasteiger partial charge on any atom is 0.227 e. The summed E-state index contributed by atoms with van der Waals surface area (Å²) in [7, 11) is 0. The molecule has 0 aromatic carbocycles. The van der Waals surface area contributed by atoms with Crippen molar-refractivity contribution in [3.05, 3.63) is 12.3 Å². The first-order valence-electron chi connectivity index (χ1n) is 7.26. The minimum atomic E-state index is 0.928. The Labute approximate surface area is 109 Å². The smallest absolute Gasteiger partial charge is 0.227 e. The zero-order valence-corrected chi connectivity index (χ0v) is 11.0. The molecule has 3 rings (SSSR count). The van der Waals surface area contributed by atoms with Crippen LogP contribution in [0.3, 0.4) is 0 Å². The molecule has 3 heterocycles. The molecule has 0 N–H and O–H groups in total. The van der Waals surface area contributed by atoms with Crippen LogP contribution >= 0.6 is 0 Å². The van der Waals surface area contributed by atoms with Crippen LogP contribution in [0.15, 0.2) is 12.3 Å². The highest BCUT2D eigenvalue weighted by atomic mass is 15.3. The molecule has 0 atom stereocenters. The van der Waals surface area contributed by atoms with Gasteiger partial charge < -0.3 is 9.80 Å². The van der Waals surface area contributed by atoms with Crippen molar-refractivity contribution < 1.29 is 0 Å². The zero-order valence-electron chi connectivity index (χ0n) is 11.0. The summed E-state index contributed by atoms with van der Waals surface area (Å²) in [5.74, 6) is 2.04. The molecule has 0 radical (unpaired) electrons. The second-order valence-corrected chi connectivity index (χ2v) is 5.31. The summed E-state index contributed by atoms with van der Waals surface area (Å²) in [5, 5.41) is 0. The van der Waals surface area contributed by atoms with E-state index in [4.69, 9.17) is 4.98 Å². The van der Waals surface area contributed by atoms with E-state index in [-0.39, 0.29) is 0 Å². The fourth-order valence-electron chi connectivity index (χ4n) is 2.88. The van der Waals surface area contributed by atoms with Crippen LogP contribution in [0.4, 0.5) is 11.8 Å². The quantitative estimate of drug-likeness (QED) is 0.802.